The zero-order chi connectivity index (χ0) is 24.0. The first-order chi connectivity index (χ1) is 15.5. The third kappa shape index (κ3) is 4.19. The molecule has 1 aliphatic carbocycles. The second-order valence-electron chi connectivity index (χ2n) is 8.11. The minimum atomic E-state index is -4.90. The van der Waals surface area contributed by atoms with Gasteiger partial charge in [-0.25, -0.2) is 13.8 Å². The molecule has 1 saturated carbocycles. The summed E-state index contributed by atoms with van der Waals surface area (Å²) in [4.78, 5) is 10.3. The number of para-hydroxylation sites is 1. The third-order valence-electron chi connectivity index (χ3n) is 5.81. The molecule has 0 atom stereocenters. The Morgan fingerprint density at radius 3 is 2.27 bits per heavy atom. The van der Waals surface area contributed by atoms with E-state index in [1.165, 1.54) is 6.07 Å². The number of rotatable bonds is 3. The lowest BCUT2D eigenvalue weighted by atomic mass is 9.87. The van der Waals surface area contributed by atoms with Gasteiger partial charge in [-0.3, -0.25) is 4.90 Å². The van der Waals surface area contributed by atoms with Crippen LogP contribution >= 0.6 is 0 Å². The zero-order valence-electron chi connectivity index (χ0n) is 17.7. The maximum Gasteiger partial charge on any atom is 0.416 e. The van der Waals surface area contributed by atoms with E-state index in [4.69, 9.17) is 16.2 Å². The molecule has 2 aliphatic rings. The Balaban J connectivity index is 1.82. The highest BCUT2D eigenvalue weighted by Gasteiger charge is 2.44. The Hall–Kier alpha value is -3.37. The number of aryl methyl sites for hydroxylation is 1. The molecule has 0 bridgehead atoms. The first-order valence-electron chi connectivity index (χ1n) is 10.4. The number of nitrogens with zero attached hydrogens (tertiary/aromatic N) is 3. The summed E-state index contributed by atoms with van der Waals surface area (Å²) in [6.07, 6.45) is -0.975. The van der Waals surface area contributed by atoms with Crippen molar-refractivity contribution in [2.45, 2.75) is 50.9 Å². The fraction of sp³-hybridized carbons (Fsp3) is 0.364. The summed E-state index contributed by atoms with van der Waals surface area (Å²) >= 11 is 0. The van der Waals surface area contributed by atoms with Gasteiger partial charge in [-0.15, -0.1) is 0 Å². The summed E-state index contributed by atoms with van der Waals surface area (Å²) < 4.78 is 73.3. The van der Waals surface area contributed by atoms with Crippen molar-refractivity contribution in [2.24, 2.45) is 21.5 Å². The summed E-state index contributed by atoms with van der Waals surface area (Å²) in [6, 6.07) is 5.17. The first-order valence-corrected chi connectivity index (χ1v) is 10.4. The van der Waals surface area contributed by atoms with Gasteiger partial charge in [0.1, 0.15) is 5.66 Å². The number of ether oxygens (including phenoxy) is 1. The number of guanidine groups is 2. The largest absolute Gasteiger partial charge is 0.449 e. The average Bonchev–Trinajstić information content (AvgIpc) is 2.71. The Kier molecular flexibility index (Phi) is 5.67. The van der Waals surface area contributed by atoms with E-state index in [1.54, 1.807) is 24.0 Å². The smallest absolute Gasteiger partial charge is 0.416 e. The third-order valence-corrected chi connectivity index (χ3v) is 5.81. The lowest BCUT2D eigenvalue weighted by molar-refractivity contribution is -0.138. The number of hydrogen-bond acceptors (Lipinski definition) is 6. The SMILES string of the molecule is Cc1cccc(Oc2c(F)cc(C(F)(F)F)cc2F)c1N1C(N)=NC(N)=NC12CCCCC2. The molecule has 0 amide bonds. The molecule has 0 unspecified atom stereocenters. The Labute approximate surface area is 186 Å². The molecular weight excluding hydrogens is 445 g/mol. The van der Waals surface area contributed by atoms with Crippen LogP contribution in [-0.4, -0.2) is 17.6 Å². The molecule has 6 nitrogen and oxygen atoms in total. The number of benzene rings is 2. The molecule has 1 aliphatic heterocycles. The monoisotopic (exact) mass is 467 g/mol. The van der Waals surface area contributed by atoms with Gasteiger partial charge in [-0.1, -0.05) is 18.6 Å². The molecule has 1 fully saturated rings. The van der Waals surface area contributed by atoms with Gasteiger partial charge in [0, 0.05) is 0 Å². The van der Waals surface area contributed by atoms with Gasteiger partial charge < -0.3 is 16.2 Å². The molecule has 0 radical (unpaired) electrons. The Morgan fingerprint density at radius 2 is 1.67 bits per heavy atom. The molecule has 176 valence electrons. The van der Waals surface area contributed by atoms with Crippen molar-refractivity contribution in [1.29, 1.82) is 0 Å². The molecule has 1 heterocycles. The van der Waals surface area contributed by atoms with Gasteiger partial charge in [0.25, 0.3) is 0 Å². The van der Waals surface area contributed by atoms with Crippen LogP contribution in [0.5, 0.6) is 11.5 Å². The highest BCUT2D eigenvalue weighted by Crippen LogP contribution is 2.46. The van der Waals surface area contributed by atoms with Crippen LogP contribution in [-0.2, 0) is 6.18 Å². The lowest BCUT2D eigenvalue weighted by Crippen LogP contribution is -2.58. The minimum Gasteiger partial charge on any atom is -0.449 e. The van der Waals surface area contributed by atoms with E-state index in [1.807, 2.05) is 0 Å². The fourth-order valence-electron chi connectivity index (χ4n) is 4.38. The van der Waals surface area contributed by atoms with Crippen LogP contribution in [0.25, 0.3) is 0 Å². The average molecular weight is 467 g/mol. The second kappa shape index (κ2) is 8.20. The number of nitrogens with two attached hydrogens (primary N) is 2. The minimum absolute atomic E-state index is 0.00803. The number of anilines is 1. The van der Waals surface area contributed by atoms with E-state index in [2.05, 4.69) is 9.98 Å². The van der Waals surface area contributed by atoms with Crippen molar-refractivity contribution in [1.82, 2.24) is 0 Å². The predicted molar refractivity (Wildman–Crippen MR) is 114 cm³/mol. The predicted octanol–water partition coefficient (Wildman–Crippen LogP) is 5.19. The number of halogens is 5. The molecule has 2 aromatic carbocycles. The van der Waals surface area contributed by atoms with E-state index in [9.17, 15) is 22.0 Å². The normalized spacial score (nSPS) is 18.2. The van der Waals surface area contributed by atoms with Crippen LogP contribution < -0.4 is 21.1 Å². The summed E-state index contributed by atoms with van der Waals surface area (Å²) in [7, 11) is 0. The molecule has 1 spiro atoms. The van der Waals surface area contributed by atoms with Crippen LogP contribution in [0.2, 0.25) is 0 Å². The molecule has 11 heteroatoms. The second-order valence-corrected chi connectivity index (χ2v) is 8.11. The van der Waals surface area contributed by atoms with E-state index < -0.39 is 34.8 Å². The van der Waals surface area contributed by atoms with E-state index >= 15 is 0 Å². The standard InChI is InChI=1S/C22H22F5N5O/c1-12-6-5-7-16(33-18-14(23)10-13(11-15(18)24)22(25,26)27)17(12)32-20(29)30-19(28)31-21(32)8-3-2-4-9-21/h5-7,10-11H,2-4,8-9H2,1H3,(H4,28,29,30,31). The molecule has 0 saturated heterocycles. The van der Waals surface area contributed by atoms with Crippen molar-refractivity contribution in [2.75, 3.05) is 4.90 Å². The fourth-order valence-corrected chi connectivity index (χ4v) is 4.38. The Morgan fingerprint density at radius 1 is 1.03 bits per heavy atom. The highest BCUT2D eigenvalue weighted by molar-refractivity contribution is 6.06. The molecule has 0 aromatic heterocycles. The van der Waals surface area contributed by atoms with Crippen LogP contribution in [0.3, 0.4) is 0 Å². The summed E-state index contributed by atoms with van der Waals surface area (Å²) in [5.41, 5.74) is 10.8. The van der Waals surface area contributed by atoms with E-state index in [0.717, 1.165) is 19.3 Å². The molecule has 2 aromatic rings. The lowest BCUT2D eigenvalue weighted by Gasteiger charge is -2.46. The van der Waals surface area contributed by atoms with Crippen molar-refractivity contribution in [3.05, 3.63) is 53.1 Å². The van der Waals surface area contributed by atoms with Gasteiger partial charge >= 0.3 is 6.18 Å². The van der Waals surface area contributed by atoms with Crippen molar-refractivity contribution < 1.29 is 26.7 Å². The van der Waals surface area contributed by atoms with Crippen LogP contribution in [0.4, 0.5) is 27.6 Å². The van der Waals surface area contributed by atoms with Crippen molar-refractivity contribution >= 4 is 17.6 Å². The summed E-state index contributed by atoms with van der Waals surface area (Å²) in [5, 5.41) is 0. The molecule has 4 N–H and O–H groups in total. The molecule has 4 rings (SSSR count). The highest BCUT2D eigenvalue weighted by atomic mass is 19.4. The number of aliphatic imine (C=N–C) groups is 2. The van der Waals surface area contributed by atoms with Gasteiger partial charge in [-0.2, -0.15) is 18.2 Å². The maximum atomic E-state index is 14.5. The summed E-state index contributed by atoms with van der Waals surface area (Å²) in [5.74, 6) is -3.86. The van der Waals surface area contributed by atoms with Crippen molar-refractivity contribution in [3.8, 4) is 11.5 Å². The first kappa shape index (κ1) is 22.8. The van der Waals surface area contributed by atoms with Crippen molar-refractivity contribution in [3.63, 3.8) is 0 Å². The van der Waals surface area contributed by atoms with Gasteiger partial charge in [0.2, 0.25) is 11.9 Å². The number of alkyl halides is 3. The van der Waals surface area contributed by atoms with Crippen LogP contribution in [0.15, 0.2) is 40.3 Å². The van der Waals surface area contributed by atoms with Gasteiger partial charge in [0.15, 0.2) is 23.1 Å². The zero-order valence-corrected chi connectivity index (χ0v) is 17.7. The quantitative estimate of drug-likeness (QED) is 0.608. The Bertz CT molecular complexity index is 1120. The van der Waals surface area contributed by atoms with Crippen LogP contribution in [0.1, 0.15) is 43.2 Å². The molecular formula is C22H22F5N5O. The van der Waals surface area contributed by atoms with Gasteiger partial charge in [-0.05, 0) is 56.4 Å². The summed E-state index contributed by atoms with van der Waals surface area (Å²) in [6.45, 7) is 1.74. The topological polar surface area (TPSA) is 89.2 Å². The number of hydrogen-bond donors (Lipinski definition) is 2. The van der Waals surface area contributed by atoms with Gasteiger partial charge in [0.05, 0.1) is 11.3 Å². The maximum absolute atomic E-state index is 14.5. The van der Waals surface area contributed by atoms with E-state index in [-0.39, 0.29) is 29.8 Å². The molecule has 33 heavy (non-hydrogen) atoms. The van der Waals surface area contributed by atoms with Crippen LogP contribution in [0, 0.1) is 18.6 Å². The van der Waals surface area contributed by atoms with E-state index in [0.29, 0.717) is 24.1 Å².